The zero-order valence-corrected chi connectivity index (χ0v) is 22.0. The van der Waals surface area contributed by atoms with E-state index in [-0.39, 0.29) is 17.9 Å². The van der Waals surface area contributed by atoms with Crippen molar-refractivity contribution in [2.24, 2.45) is 0 Å². The lowest BCUT2D eigenvalue weighted by Crippen LogP contribution is -2.58. The number of nitrogens with one attached hydrogen (secondary N) is 1. The normalized spacial score (nSPS) is 20.7. The van der Waals surface area contributed by atoms with Crippen LogP contribution in [0.2, 0.25) is 0 Å². The fourth-order valence-corrected chi connectivity index (χ4v) is 6.31. The van der Waals surface area contributed by atoms with Crippen LogP contribution in [0.3, 0.4) is 0 Å². The molecule has 3 amide bonds. The van der Waals surface area contributed by atoms with E-state index in [4.69, 9.17) is 4.74 Å². The molecule has 2 aliphatic heterocycles. The van der Waals surface area contributed by atoms with E-state index >= 15 is 0 Å². The minimum Gasteiger partial charge on any atom is -0.440 e. The van der Waals surface area contributed by atoms with E-state index in [2.05, 4.69) is 17.2 Å². The Kier molecular flexibility index (Phi) is 6.49. The molecule has 2 aromatic carbocycles. The number of benzene rings is 2. The van der Waals surface area contributed by atoms with Crippen molar-refractivity contribution in [1.82, 2.24) is 14.8 Å². The van der Waals surface area contributed by atoms with E-state index in [0.717, 1.165) is 16.8 Å². The van der Waals surface area contributed by atoms with E-state index in [1.54, 1.807) is 10.4 Å². The van der Waals surface area contributed by atoms with Gasteiger partial charge in [-0.15, -0.1) is 11.3 Å². The lowest BCUT2D eigenvalue weighted by atomic mass is 9.70. The Balaban J connectivity index is 1.43. The predicted molar refractivity (Wildman–Crippen MR) is 141 cm³/mol. The van der Waals surface area contributed by atoms with E-state index in [9.17, 15) is 14.4 Å². The number of ether oxygens (including phenoxy) is 1. The standard InChI is InChI=1S/C28H30N4O4S/c1-19-24(37-18-29-19)25(34)31-15-13-28(14-16-31)27(3,22-7-5-4-6-8-22)32(26(35)36-28)17-21-9-11-23(12-10-21)30-20(2)33/h4-12,18H,13-17H2,1-3H3,(H,30,33). The van der Waals surface area contributed by atoms with Crippen molar-refractivity contribution < 1.29 is 19.1 Å². The third-order valence-electron chi connectivity index (χ3n) is 7.68. The first-order valence-electron chi connectivity index (χ1n) is 12.4. The van der Waals surface area contributed by atoms with E-state index < -0.39 is 11.1 Å². The summed E-state index contributed by atoms with van der Waals surface area (Å²) in [5, 5.41) is 2.77. The molecule has 5 rings (SSSR count). The third-order valence-corrected chi connectivity index (χ3v) is 8.60. The number of aromatic nitrogens is 1. The summed E-state index contributed by atoms with van der Waals surface area (Å²) in [7, 11) is 0. The van der Waals surface area contributed by atoms with Crippen molar-refractivity contribution in [1.29, 1.82) is 0 Å². The summed E-state index contributed by atoms with van der Waals surface area (Å²) in [6, 6.07) is 17.5. The number of carbonyl (C=O) groups excluding carboxylic acids is 3. The summed E-state index contributed by atoms with van der Waals surface area (Å²) in [5.74, 6) is -0.151. The molecule has 0 radical (unpaired) electrons. The monoisotopic (exact) mass is 518 g/mol. The van der Waals surface area contributed by atoms with Crippen molar-refractivity contribution >= 4 is 34.9 Å². The molecule has 1 unspecified atom stereocenters. The summed E-state index contributed by atoms with van der Waals surface area (Å²) in [4.78, 5) is 46.5. The maximum Gasteiger partial charge on any atom is 0.411 e. The molecule has 2 saturated heterocycles. The molecule has 1 atom stereocenters. The number of piperidine rings is 1. The van der Waals surface area contributed by atoms with Crippen LogP contribution >= 0.6 is 11.3 Å². The number of anilines is 1. The molecule has 2 aliphatic rings. The average Bonchev–Trinajstić information content (AvgIpc) is 3.41. The van der Waals surface area contributed by atoms with Gasteiger partial charge in [0.2, 0.25) is 5.91 Å². The third kappa shape index (κ3) is 4.37. The quantitative estimate of drug-likeness (QED) is 0.516. The first-order valence-corrected chi connectivity index (χ1v) is 13.2. The largest absolute Gasteiger partial charge is 0.440 e. The highest BCUT2D eigenvalue weighted by atomic mass is 32.1. The molecule has 1 aromatic heterocycles. The maximum atomic E-state index is 13.5. The number of hydrogen-bond donors (Lipinski definition) is 1. The first kappa shape index (κ1) is 25.0. The van der Waals surface area contributed by atoms with Crippen LogP contribution in [0, 0.1) is 6.92 Å². The molecule has 0 aliphatic carbocycles. The molecular formula is C28H30N4O4S. The van der Waals surface area contributed by atoms with Crippen molar-refractivity contribution in [3.63, 3.8) is 0 Å². The van der Waals surface area contributed by atoms with E-state index in [1.807, 2.05) is 66.4 Å². The summed E-state index contributed by atoms with van der Waals surface area (Å²) in [6.45, 7) is 6.73. The van der Waals surface area contributed by atoms with Gasteiger partial charge in [-0.2, -0.15) is 0 Å². The molecule has 9 heteroatoms. The van der Waals surface area contributed by atoms with E-state index in [0.29, 0.717) is 43.0 Å². The summed E-state index contributed by atoms with van der Waals surface area (Å²) >= 11 is 1.36. The van der Waals surface area contributed by atoms with Crippen molar-refractivity contribution in [2.45, 2.75) is 51.3 Å². The molecule has 3 heterocycles. The van der Waals surface area contributed by atoms with Crippen molar-refractivity contribution in [2.75, 3.05) is 18.4 Å². The maximum absolute atomic E-state index is 13.5. The topological polar surface area (TPSA) is 91.8 Å². The molecule has 1 N–H and O–H groups in total. The second-order valence-electron chi connectivity index (χ2n) is 9.82. The number of nitrogens with zero attached hydrogens (tertiary/aromatic N) is 3. The fraction of sp³-hybridized carbons (Fsp3) is 0.357. The van der Waals surface area contributed by atoms with Gasteiger partial charge in [-0.25, -0.2) is 9.78 Å². The number of carbonyl (C=O) groups is 3. The minimum absolute atomic E-state index is 0.0169. The minimum atomic E-state index is -0.777. The Morgan fingerprint density at radius 1 is 1.08 bits per heavy atom. The zero-order valence-electron chi connectivity index (χ0n) is 21.2. The highest BCUT2D eigenvalue weighted by Crippen LogP contribution is 2.52. The SMILES string of the molecule is CC(=O)Nc1ccc(CN2C(=O)OC3(CCN(C(=O)c4scnc4C)CC3)C2(C)c2ccccc2)cc1. The summed E-state index contributed by atoms with van der Waals surface area (Å²) in [5.41, 5.74) is 3.55. The summed E-state index contributed by atoms with van der Waals surface area (Å²) < 4.78 is 6.25. The average molecular weight is 519 g/mol. The predicted octanol–water partition coefficient (Wildman–Crippen LogP) is 4.95. The molecule has 8 nitrogen and oxygen atoms in total. The Hall–Kier alpha value is -3.72. The lowest BCUT2D eigenvalue weighted by molar-refractivity contribution is -0.114. The lowest BCUT2D eigenvalue weighted by Gasteiger charge is -2.48. The zero-order chi connectivity index (χ0) is 26.2. The van der Waals surface area contributed by atoms with Crippen LogP contribution in [0.1, 0.15) is 53.2 Å². The van der Waals surface area contributed by atoms with Crippen LogP contribution in [-0.2, 0) is 21.6 Å². The number of hydrogen-bond acceptors (Lipinski definition) is 6. The highest BCUT2D eigenvalue weighted by molar-refractivity contribution is 7.11. The van der Waals surface area contributed by atoms with Gasteiger partial charge in [0.05, 0.1) is 17.7 Å². The van der Waals surface area contributed by atoms with Gasteiger partial charge in [-0.3, -0.25) is 14.5 Å². The van der Waals surface area contributed by atoms with E-state index in [1.165, 1.54) is 18.3 Å². The Morgan fingerprint density at radius 3 is 2.35 bits per heavy atom. The van der Waals surface area contributed by atoms with Gasteiger partial charge in [0, 0.05) is 38.5 Å². The molecular weight excluding hydrogens is 488 g/mol. The number of likely N-dealkylation sites (tertiary alicyclic amines) is 1. The van der Waals surface area contributed by atoms with Crippen molar-refractivity contribution in [3.05, 3.63) is 81.8 Å². The van der Waals surface area contributed by atoms with Crippen molar-refractivity contribution in [3.8, 4) is 0 Å². The number of rotatable bonds is 5. The van der Waals surface area contributed by atoms with Crippen LogP contribution in [0.5, 0.6) is 0 Å². The van der Waals surface area contributed by atoms with Crippen LogP contribution in [-0.4, -0.2) is 51.4 Å². The molecule has 2 fully saturated rings. The van der Waals surface area contributed by atoms with Crippen LogP contribution in [0.15, 0.2) is 60.1 Å². The smallest absolute Gasteiger partial charge is 0.411 e. The van der Waals surface area contributed by atoms with Gasteiger partial charge >= 0.3 is 6.09 Å². The number of amides is 3. The Labute approximate surface area is 220 Å². The Morgan fingerprint density at radius 2 is 1.76 bits per heavy atom. The van der Waals surface area contributed by atoms with Gasteiger partial charge < -0.3 is 15.0 Å². The van der Waals surface area contributed by atoms with Crippen LogP contribution in [0.4, 0.5) is 10.5 Å². The Bertz CT molecular complexity index is 1320. The number of aryl methyl sites for hydroxylation is 1. The molecule has 192 valence electrons. The molecule has 0 bridgehead atoms. The van der Waals surface area contributed by atoms with Crippen LogP contribution < -0.4 is 5.32 Å². The second kappa shape index (κ2) is 9.63. The first-order chi connectivity index (χ1) is 17.7. The van der Waals surface area contributed by atoms with Gasteiger partial charge in [-0.1, -0.05) is 42.5 Å². The molecule has 37 heavy (non-hydrogen) atoms. The van der Waals surface area contributed by atoms with Gasteiger partial charge in [0.15, 0.2) is 0 Å². The van der Waals surface area contributed by atoms with Gasteiger partial charge in [0.25, 0.3) is 5.91 Å². The van der Waals surface area contributed by atoms with Gasteiger partial charge in [0.1, 0.15) is 16.0 Å². The molecule has 0 saturated carbocycles. The summed E-state index contributed by atoms with van der Waals surface area (Å²) in [6.07, 6.45) is 0.701. The highest BCUT2D eigenvalue weighted by Gasteiger charge is 2.63. The van der Waals surface area contributed by atoms with Crippen LogP contribution in [0.25, 0.3) is 0 Å². The molecule has 3 aromatic rings. The van der Waals surface area contributed by atoms with Gasteiger partial charge in [-0.05, 0) is 37.1 Å². The second-order valence-corrected chi connectivity index (χ2v) is 10.7. The fourth-order valence-electron chi connectivity index (χ4n) is 5.54. The number of thiazole rings is 1. The molecule has 1 spiro atoms.